The van der Waals surface area contributed by atoms with E-state index in [0.29, 0.717) is 27.1 Å². The molecule has 11 heteroatoms. The fraction of sp³-hybridized carbons (Fsp3) is 0.261. The molecule has 1 atom stereocenters. The van der Waals surface area contributed by atoms with Crippen LogP contribution in [0.4, 0.5) is 5.69 Å². The minimum absolute atomic E-state index is 0.0347. The Bertz CT molecular complexity index is 1490. The van der Waals surface area contributed by atoms with Crippen LogP contribution in [0.25, 0.3) is 10.2 Å². The molecule has 3 aromatic heterocycles. The van der Waals surface area contributed by atoms with Gasteiger partial charge in [-0.2, -0.15) is 0 Å². The van der Waals surface area contributed by atoms with Gasteiger partial charge in [-0.3, -0.25) is 24.3 Å². The first-order valence-corrected chi connectivity index (χ1v) is 12.3. The number of rotatable bonds is 6. The Morgan fingerprint density at radius 3 is 2.94 bits per heavy atom. The second-order valence-electron chi connectivity index (χ2n) is 8.30. The molecule has 0 saturated heterocycles. The number of nitro benzene ring substituents is 1. The second-order valence-corrected chi connectivity index (χ2v) is 10.4. The van der Waals surface area contributed by atoms with Gasteiger partial charge in [0, 0.05) is 16.5 Å². The molecule has 0 fully saturated rings. The van der Waals surface area contributed by atoms with Gasteiger partial charge in [0.25, 0.3) is 11.2 Å². The lowest BCUT2D eigenvalue weighted by molar-refractivity contribution is -0.387. The molecule has 0 spiro atoms. The molecule has 1 amide bonds. The van der Waals surface area contributed by atoms with Crippen molar-refractivity contribution < 1.29 is 14.1 Å². The molecule has 174 valence electrons. The number of nitrogens with two attached hydrogens (primary N) is 1. The molecule has 0 radical (unpaired) electrons. The Morgan fingerprint density at radius 2 is 2.24 bits per heavy atom. The van der Waals surface area contributed by atoms with Gasteiger partial charge in [0.2, 0.25) is 5.91 Å². The number of aromatic nitrogens is 2. The fourth-order valence-electron chi connectivity index (χ4n) is 4.18. The highest BCUT2D eigenvalue weighted by Crippen LogP contribution is 2.39. The van der Waals surface area contributed by atoms with Crippen molar-refractivity contribution in [1.29, 1.82) is 0 Å². The number of fused-ring (bicyclic) bond motifs is 3. The van der Waals surface area contributed by atoms with Gasteiger partial charge in [0.05, 0.1) is 28.0 Å². The molecule has 1 aromatic carbocycles. The van der Waals surface area contributed by atoms with Crippen LogP contribution in [0.2, 0.25) is 0 Å². The summed E-state index contributed by atoms with van der Waals surface area (Å²) in [5.41, 5.74) is 5.93. The summed E-state index contributed by atoms with van der Waals surface area (Å²) in [4.78, 5) is 43.2. The summed E-state index contributed by atoms with van der Waals surface area (Å²) in [7, 11) is 0. The molecule has 1 aliphatic rings. The standard InChI is InChI=1S/C23H20N4O5S2/c1-12-4-6-15-18(9-12)33-21-19(15)22(29)26(11-14-3-2-8-32-14)23(25-21)34-17-7-5-13(20(24)28)10-16(17)27(30)31/h2-3,5,7-8,10,12H,4,6,9,11H2,1H3,(H2,24,28)/t12-/m0/s1. The van der Waals surface area contributed by atoms with E-state index in [4.69, 9.17) is 15.1 Å². The van der Waals surface area contributed by atoms with Gasteiger partial charge in [-0.1, -0.05) is 6.92 Å². The van der Waals surface area contributed by atoms with Gasteiger partial charge in [-0.05, 0) is 66.8 Å². The number of amides is 1. The molecule has 1 aliphatic carbocycles. The third-order valence-corrected chi connectivity index (χ3v) is 8.12. The maximum atomic E-state index is 13.7. The summed E-state index contributed by atoms with van der Waals surface area (Å²) in [6.45, 7) is 2.34. The third kappa shape index (κ3) is 4.01. The van der Waals surface area contributed by atoms with Crippen molar-refractivity contribution >= 4 is 44.9 Å². The SMILES string of the molecule is C[C@H]1CCc2c(sc3nc(Sc4ccc(C(N)=O)cc4[N+](=O)[O-])n(Cc4ccco4)c(=O)c23)C1. The minimum atomic E-state index is -0.757. The van der Waals surface area contributed by atoms with Crippen molar-refractivity contribution in [3.05, 3.63) is 78.8 Å². The normalized spacial score (nSPS) is 15.4. The Hall–Kier alpha value is -3.44. The monoisotopic (exact) mass is 496 g/mol. The van der Waals surface area contributed by atoms with Gasteiger partial charge in [0.15, 0.2) is 5.16 Å². The van der Waals surface area contributed by atoms with Crippen LogP contribution in [-0.4, -0.2) is 20.4 Å². The first kappa shape index (κ1) is 22.4. The van der Waals surface area contributed by atoms with Crippen molar-refractivity contribution in [2.24, 2.45) is 11.7 Å². The molecular formula is C23H20N4O5S2. The van der Waals surface area contributed by atoms with Crippen LogP contribution in [-0.2, 0) is 19.4 Å². The zero-order valence-corrected chi connectivity index (χ0v) is 19.8. The topological polar surface area (TPSA) is 134 Å². The van der Waals surface area contributed by atoms with Crippen molar-refractivity contribution in [3.63, 3.8) is 0 Å². The summed E-state index contributed by atoms with van der Waals surface area (Å²) >= 11 is 2.53. The first-order valence-electron chi connectivity index (χ1n) is 10.7. The highest BCUT2D eigenvalue weighted by Gasteiger charge is 2.26. The fourth-order valence-corrected chi connectivity index (χ4v) is 6.57. The molecule has 34 heavy (non-hydrogen) atoms. The van der Waals surface area contributed by atoms with Gasteiger partial charge in [-0.15, -0.1) is 11.3 Å². The summed E-state index contributed by atoms with van der Waals surface area (Å²) in [5, 5.41) is 12.7. The van der Waals surface area contributed by atoms with Crippen molar-refractivity contribution in [2.75, 3.05) is 0 Å². The first-order chi connectivity index (χ1) is 16.3. The summed E-state index contributed by atoms with van der Waals surface area (Å²) < 4.78 is 6.97. The highest BCUT2D eigenvalue weighted by molar-refractivity contribution is 7.99. The van der Waals surface area contributed by atoms with Crippen LogP contribution in [0.5, 0.6) is 0 Å². The van der Waals surface area contributed by atoms with E-state index < -0.39 is 10.8 Å². The molecule has 2 N–H and O–H groups in total. The second kappa shape index (κ2) is 8.73. The van der Waals surface area contributed by atoms with E-state index in [2.05, 4.69) is 6.92 Å². The summed E-state index contributed by atoms with van der Waals surface area (Å²) in [5.74, 6) is 0.361. The number of aryl methyl sites for hydroxylation is 1. The van der Waals surface area contributed by atoms with Crippen LogP contribution in [0, 0.1) is 16.0 Å². The average molecular weight is 497 g/mol. The lowest BCUT2D eigenvalue weighted by Gasteiger charge is -2.17. The van der Waals surface area contributed by atoms with Crippen molar-refractivity contribution in [1.82, 2.24) is 9.55 Å². The van der Waals surface area contributed by atoms with Crippen molar-refractivity contribution in [2.45, 2.75) is 42.8 Å². The molecule has 3 heterocycles. The number of nitrogens with zero attached hydrogens (tertiary/aromatic N) is 3. The predicted octanol–water partition coefficient (Wildman–Crippen LogP) is 4.38. The Balaban J connectivity index is 1.68. The molecule has 0 unspecified atom stereocenters. The molecule has 4 aromatic rings. The van der Waals surface area contributed by atoms with Crippen LogP contribution in [0.1, 0.15) is 39.9 Å². The number of nitro groups is 1. The summed E-state index contributed by atoms with van der Waals surface area (Å²) in [6.07, 6.45) is 4.29. The van der Waals surface area contributed by atoms with E-state index in [1.807, 2.05) is 0 Å². The number of benzene rings is 1. The van der Waals surface area contributed by atoms with E-state index in [9.17, 15) is 19.7 Å². The zero-order chi connectivity index (χ0) is 24.0. The Kier molecular flexibility index (Phi) is 5.74. The zero-order valence-electron chi connectivity index (χ0n) is 18.1. The van der Waals surface area contributed by atoms with E-state index in [1.165, 1.54) is 39.2 Å². The quantitative estimate of drug-likeness (QED) is 0.238. The number of carbonyl (C=O) groups is 1. The average Bonchev–Trinajstić information content (AvgIpc) is 3.43. The number of hydrogen-bond donors (Lipinski definition) is 1. The number of thiophene rings is 1. The molecule has 5 rings (SSSR count). The van der Waals surface area contributed by atoms with Gasteiger partial charge in [0.1, 0.15) is 10.6 Å². The largest absolute Gasteiger partial charge is 0.467 e. The van der Waals surface area contributed by atoms with E-state index in [1.54, 1.807) is 12.1 Å². The van der Waals surface area contributed by atoms with Gasteiger partial charge >= 0.3 is 0 Å². The van der Waals surface area contributed by atoms with Crippen LogP contribution >= 0.6 is 23.1 Å². The van der Waals surface area contributed by atoms with Crippen molar-refractivity contribution in [3.8, 4) is 0 Å². The summed E-state index contributed by atoms with van der Waals surface area (Å²) in [6, 6.07) is 7.53. The number of furan rings is 1. The highest BCUT2D eigenvalue weighted by atomic mass is 32.2. The molecular weight excluding hydrogens is 476 g/mol. The van der Waals surface area contributed by atoms with E-state index in [-0.39, 0.29) is 28.3 Å². The number of carbonyl (C=O) groups excluding carboxylic acids is 1. The minimum Gasteiger partial charge on any atom is -0.467 e. The predicted molar refractivity (Wildman–Crippen MR) is 129 cm³/mol. The van der Waals surface area contributed by atoms with Gasteiger partial charge < -0.3 is 10.2 Å². The van der Waals surface area contributed by atoms with Crippen LogP contribution in [0.3, 0.4) is 0 Å². The van der Waals surface area contributed by atoms with Crippen LogP contribution < -0.4 is 11.3 Å². The number of primary amides is 1. The van der Waals surface area contributed by atoms with Crippen LogP contribution in [0.15, 0.2) is 55.9 Å². The third-order valence-electron chi connectivity index (χ3n) is 5.92. The molecule has 0 aliphatic heterocycles. The smallest absolute Gasteiger partial charge is 0.284 e. The molecule has 0 saturated carbocycles. The van der Waals surface area contributed by atoms with E-state index in [0.717, 1.165) is 42.7 Å². The van der Waals surface area contributed by atoms with E-state index >= 15 is 0 Å². The van der Waals surface area contributed by atoms with Gasteiger partial charge in [-0.25, -0.2) is 4.98 Å². The molecule has 9 nitrogen and oxygen atoms in total. The maximum absolute atomic E-state index is 13.7. The number of hydrogen-bond acceptors (Lipinski definition) is 8. The Morgan fingerprint density at radius 1 is 1.41 bits per heavy atom. The Labute approximate surface area is 201 Å². The maximum Gasteiger partial charge on any atom is 0.284 e. The lowest BCUT2D eigenvalue weighted by Crippen LogP contribution is -2.24. The lowest BCUT2D eigenvalue weighted by atomic mass is 9.89. The molecule has 0 bridgehead atoms.